The minimum atomic E-state index is -0.128. The van der Waals surface area contributed by atoms with Crippen LogP contribution in [-0.2, 0) is 6.54 Å². The van der Waals surface area contributed by atoms with Crippen LogP contribution in [0.1, 0.15) is 23.8 Å². The number of rotatable bonds is 4. The number of ether oxygens (including phenoxy) is 1. The Morgan fingerprint density at radius 3 is 2.86 bits per heavy atom. The maximum Gasteiger partial charge on any atom is 0.276 e. The number of para-hydroxylation sites is 1. The van der Waals surface area contributed by atoms with E-state index in [2.05, 4.69) is 5.10 Å². The van der Waals surface area contributed by atoms with E-state index in [1.54, 1.807) is 15.8 Å². The van der Waals surface area contributed by atoms with E-state index in [-0.39, 0.29) is 12.0 Å². The van der Waals surface area contributed by atoms with E-state index < -0.39 is 0 Å². The van der Waals surface area contributed by atoms with E-state index in [0.29, 0.717) is 30.4 Å². The van der Waals surface area contributed by atoms with Crippen molar-refractivity contribution in [3.05, 3.63) is 47.2 Å². The molecule has 6 heteroatoms. The van der Waals surface area contributed by atoms with Crippen molar-refractivity contribution in [1.29, 1.82) is 0 Å². The third-order valence-corrected chi connectivity index (χ3v) is 4.00. The number of hydrogen-bond donors (Lipinski definition) is 0. The predicted octanol–water partition coefficient (Wildman–Crippen LogP) is 2.85. The summed E-state index contributed by atoms with van der Waals surface area (Å²) in [5, 5.41) is 4.64. The monoisotopic (exact) mass is 319 g/mol. The van der Waals surface area contributed by atoms with Gasteiger partial charge in [0, 0.05) is 25.7 Å². The first-order valence-corrected chi connectivity index (χ1v) is 7.79. The average Bonchev–Trinajstić information content (AvgIpc) is 3.14. The highest BCUT2D eigenvalue weighted by Gasteiger charge is 2.30. The zero-order valence-corrected chi connectivity index (χ0v) is 13.2. The lowest BCUT2D eigenvalue weighted by Crippen LogP contribution is -2.31. The van der Waals surface area contributed by atoms with Crippen LogP contribution in [0.3, 0.4) is 0 Å². The molecular weight excluding hydrogens is 302 g/mol. The summed E-state index contributed by atoms with van der Waals surface area (Å²) in [6, 6.07) is 9.66. The molecule has 1 aromatic carbocycles. The Labute approximate surface area is 134 Å². The van der Waals surface area contributed by atoms with Crippen molar-refractivity contribution >= 4 is 17.5 Å². The number of nitrogens with zero attached hydrogens (tertiary/aromatic N) is 3. The van der Waals surface area contributed by atoms with Gasteiger partial charge in [-0.15, -0.1) is 0 Å². The molecule has 0 aliphatic carbocycles. The summed E-state index contributed by atoms with van der Waals surface area (Å²) in [5.74, 6) is 0.700. The summed E-state index contributed by atoms with van der Waals surface area (Å²) >= 11 is 6.10. The molecule has 2 heterocycles. The Kier molecular flexibility index (Phi) is 4.34. The van der Waals surface area contributed by atoms with Crippen molar-refractivity contribution in [2.45, 2.75) is 26.0 Å². The van der Waals surface area contributed by atoms with Crippen molar-refractivity contribution in [3.8, 4) is 5.75 Å². The summed E-state index contributed by atoms with van der Waals surface area (Å²) < 4.78 is 7.57. The molecule has 1 aliphatic rings. The van der Waals surface area contributed by atoms with Gasteiger partial charge in [0.2, 0.25) is 0 Å². The highest BCUT2D eigenvalue weighted by atomic mass is 35.5. The van der Waals surface area contributed by atoms with Crippen LogP contribution in [0.4, 0.5) is 0 Å². The van der Waals surface area contributed by atoms with Crippen LogP contribution >= 0.6 is 11.6 Å². The van der Waals surface area contributed by atoms with Gasteiger partial charge in [0.25, 0.3) is 5.91 Å². The molecule has 1 aromatic heterocycles. The number of halogens is 1. The fourth-order valence-corrected chi connectivity index (χ4v) is 2.79. The number of aromatic nitrogens is 2. The van der Waals surface area contributed by atoms with Gasteiger partial charge in [-0.1, -0.05) is 29.8 Å². The Morgan fingerprint density at radius 2 is 2.18 bits per heavy atom. The summed E-state index contributed by atoms with van der Waals surface area (Å²) in [6.45, 7) is 3.86. The van der Waals surface area contributed by atoms with Gasteiger partial charge in [-0.2, -0.15) is 5.10 Å². The fraction of sp³-hybridized carbons (Fsp3) is 0.375. The third kappa shape index (κ3) is 3.09. The predicted molar refractivity (Wildman–Crippen MR) is 84.3 cm³/mol. The van der Waals surface area contributed by atoms with Crippen LogP contribution in [-0.4, -0.2) is 39.8 Å². The molecule has 1 fully saturated rings. The number of carbonyl (C=O) groups excluding carboxylic acids is 1. The number of amides is 1. The first kappa shape index (κ1) is 14.9. The maximum absolute atomic E-state index is 12.5. The summed E-state index contributed by atoms with van der Waals surface area (Å²) in [4.78, 5) is 14.3. The van der Waals surface area contributed by atoms with Crippen LogP contribution in [0.5, 0.6) is 5.75 Å². The molecule has 0 N–H and O–H groups in total. The molecule has 0 unspecified atom stereocenters. The number of aryl methyl sites for hydroxylation is 1. The average molecular weight is 320 g/mol. The Balaban J connectivity index is 1.64. The number of likely N-dealkylation sites (tertiary alicyclic amines) is 1. The molecule has 2 aromatic rings. The Bertz CT molecular complexity index is 657. The molecule has 22 heavy (non-hydrogen) atoms. The zero-order valence-electron chi connectivity index (χ0n) is 12.4. The maximum atomic E-state index is 12.5. The van der Waals surface area contributed by atoms with Gasteiger partial charge in [0.05, 0.1) is 11.6 Å². The minimum Gasteiger partial charge on any atom is -0.489 e. The van der Waals surface area contributed by atoms with Crippen LogP contribution in [0.2, 0.25) is 5.02 Å². The van der Waals surface area contributed by atoms with Crippen molar-refractivity contribution in [2.24, 2.45) is 0 Å². The van der Waals surface area contributed by atoms with Crippen LogP contribution in [0, 0.1) is 0 Å². The fourth-order valence-electron chi connectivity index (χ4n) is 2.55. The number of carbonyl (C=O) groups is 1. The van der Waals surface area contributed by atoms with E-state index in [1.165, 1.54) is 0 Å². The molecule has 116 valence electrons. The molecule has 0 bridgehead atoms. The molecule has 0 spiro atoms. The lowest BCUT2D eigenvalue weighted by atomic mass is 10.3. The van der Waals surface area contributed by atoms with E-state index >= 15 is 0 Å². The van der Waals surface area contributed by atoms with Crippen LogP contribution < -0.4 is 4.74 Å². The molecule has 1 saturated heterocycles. The SMILES string of the molecule is CCn1cc(Cl)c(C(=O)N2CC[C@@H](Oc3ccccc3)C2)n1. The topological polar surface area (TPSA) is 47.4 Å². The number of hydrogen-bond acceptors (Lipinski definition) is 3. The third-order valence-electron chi connectivity index (χ3n) is 3.72. The molecule has 0 saturated carbocycles. The molecule has 1 amide bonds. The first-order valence-electron chi connectivity index (χ1n) is 7.41. The quantitative estimate of drug-likeness (QED) is 0.870. The second-order valence-corrected chi connectivity index (χ2v) is 5.68. The molecule has 5 nitrogen and oxygen atoms in total. The largest absolute Gasteiger partial charge is 0.489 e. The van der Waals surface area contributed by atoms with E-state index in [1.807, 2.05) is 37.3 Å². The van der Waals surface area contributed by atoms with Gasteiger partial charge in [0.1, 0.15) is 11.9 Å². The zero-order chi connectivity index (χ0) is 15.5. The lowest BCUT2D eigenvalue weighted by molar-refractivity contribution is 0.0766. The molecule has 1 aliphatic heterocycles. The van der Waals surface area contributed by atoms with Gasteiger partial charge in [0.15, 0.2) is 5.69 Å². The van der Waals surface area contributed by atoms with Gasteiger partial charge >= 0.3 is 0 Å². The summed E-state index contributed by atoms with van der Waals surface area (Å²) in [5.41, 5.74) is 0.323. The minimum absolute atomic E-state index is 0.0124. The van der Waals surface area contributed by atoms with Gasteiger partial charge < -0.3 is 9.64 Å². The summed E-state index contributed by atoms with van der Waals surface area (Å²) in [6.07, 6.45) is 2.51. The van der Waals surface area contributed by atoms with E-state index in [9.17, 15) is 4.79 Å². The lowest BCUT2D eigenvalue weighted by Gasteiger charge is -2.16. The Hall–Kier alpha value is -2.01. The smallest absolute Gasteiger partial charge is 0.276 e. The summed E-state index contributed by atoms with van der Waals surface area (Å²) in [7, 11) is 0. The first-order chi connectivity index (χ1) is 10.7. The highest BCUT2D eigenvalue weighted by Crippen LogP contribution is 2.22. The van der Waals surface area contributed by atoms with E-state index in [0.717, 1.165) is 12.2 Å². The van der Waals surface area contributed by atoms with Crippen LogP contribution in [0.15, 0.2) is 36.5 Å². The highest BCUT2D eigenvalue weighted by molar-refractivity contribution is 6.33. The molecular formula is C16H18ClN3O2. The van der Waals surface area contributed by atoms with Crippen LogP contribution in [0.25, 0.3) is 0 Å². The Morgan fingerprint density at radius 1 is 1.41 bits per heavy atom. The van der Waals surface area contributed by atoms with Crippen molar-refractivity contribution in [3.63, 3.8) is 0 Å². The second kappa shape index (κ2) is 6.40. The number of benzene rings is 1. The molecule has 1 atom stereocenters. The molecule has 3 rings (SSSR count). The van der Waals surface area contributed by atoms with Gasteiger partial charge in [-0.3, -0.25) is 9.48 Å². The van der Waals surface area contributed by atoms with Crippen molar-refractivity contribution < 1.29 is 9.53 Å². The van der Waals surface area contributed by atoms with Gasteiger partial charge in [-0.05, 0) is 19.1 Å². The molecule has 0 radical (unpaired) electrons. The van der Waals surface area contributed by atoms with Crippen molar-refractivity contribution in [2.75, 3.05) is 13.1 Å². The van der Waals surface area contributed by atoms with Gasteiger partial charge in [-0.25, -0.2) is 0 Å². The normalized spacial score (nSPS) is 17.7. The second-order valence-electron chi connectivity index (χ2n) is 5.27. The standard InChI is InChI=1S/C16H18ClN3O2/c1-2-20-11-14(17)15(18-20)16(21)19-9-8-13(10-19)22-12-6-4-3-5-7-12/h3-7,11,13H,2,8-10H2,1H3/t13-/m1/s1. The van der Waals surface area contributed by atoms with E-state index in [4.69, 9.17) is 16.3 Å². The van der Waals surface area contributed by atoms with Crippen molar-refractivity contribution in [1.82, 2.24) is 14.7 Å².